The predicted molar refractivity (Wildman–Crippen MR) is 161 cm³/mol. The fourth-order valence-electron chi connectivity index (χ4n) is 5.39. The minimum Gasteiger partial charge on any atom is -0.256 e. The normalized spacial score (nSPS) is 10.9. The number of pyridine rings is 3. The first-order chi connectivity index (χ1) is 19.1. The van der Waals surface area contributed by atoms with E-state index in [1.165, 1.54) is 0 Å². The van der Waals surface area contributed by atoms with Gasteiger partial charge in [-0.25, -0.2) is 0 Å². The van der Waals surface area contributed by atoms with Crippen LogP contribution in [-0.2, 0) is 0 Å². The highest BCUT2D eigenvalue weighted by atomic mass is 14.7. The van der Waals surface area contributed by atoms with Crippen LogP contribution in [0, 0.1) is 20.8 Å². The molecule has 3 heterocycles. The van der Waals surface area contributed by atoms with E-state index >= 15 is 0 Å². The molecule has 0 aliphatic rings. The van der Waals surface area contributed by atoms with Crippen molar-refractivity contribution in [2.75, 3.05) is 0 Å². The van der Waals surface area contributed by atoms with E-state index in [0.29, 0.717) is 0 Å². The highest BCUT2D eigenvalue weighted by molar-refractivity contribution is 6.00. The molecule has 0 bridgehead atoms. The minimum absolute atomic E-state index is 0.975. The van der Waals surface area contributed by atoms with Crippen molar-refractivity contribution >= 4 is 0 Å². The molecule has 39 heavy (non-hydrogen) atoms. The first kappa shape index (κ1) is 24.4. The lowest BCUT2D eigenvalue weighted by molar-refractivity contribution is 1.26. The highest BCUT2D eigenvalue weighted by Crippen LogP contribution is 2.45. The molecule has 0 fully saturated rings. The van der Waals surface area contributed by atoms with Crippen LogP contribution in [0.3, 0.4) is 0 Å². The molecule has 6 aromatic rings. The molecular formula is C36H29N3. The average Bonchev–Trinajstić information content (AvgIpc) is 2.98. The Morgan fingerprint density at radius 1 is 0.333 bits per heavy atom. The predicted octanol–water partition coefficient (Wildman–Crippen LogP) is 9.13. The number of aromatic nitrogens is 3. The summed E-state index contributed by atoms with van der Waals surface area (Å²) >= 11 is 0. The Kier molecular flexibility index (Phi) is 6.56. The van der Waals surface area contributed by atoms with E-state index in [2.05, 4.69) is 106 Å². The number of nitrogens with zero attached hydrogens (tertiary/aromatic N) is 3. The summed E-state index contributed by atoms with van der Waals surface area (Å²) in [6.07, 6.45) is 5.61. The van der Waals surface area contributed by atoms with Gasteiger partial charge in [-0.3, -0.25) is 15.0 Å². The summed E-state index contributed by atoms with van der Waals surface area (Å²) in [7, 11) is 0. The standard InChI is InChI=1S/C36H29N3/c1-24-12-9-21-37-34(24)31-17-6-4-15-27(31)29-19-8-20-30(33(29)36-26(3)14-11-23-39-36)28-16-5-7-18-32(28)35-25(2)13-10-22-38-35/h4-23H,1-3H3. The maximum atomic E-state index is 4.93. The van der Waals surface area contributed by atoms with Crippen LogP contribution in [0.2, 0.25) is 0 Å². The fraction of sp³-hybridized carbons (Fsp3) is 0.0833. The Balaban J connectivity index is 1.69. The molecule has 0 saturated carbocycles. The summed E-state index contributed by atoms with van der Waals surface area (Å²) in [5.41, 5.74) is 14.2. The van der Waals surface area contributed by atoms with E-state index in [1.807, 2.05) is 36.8 Å². The Morgan fingerprint density at radius 3 is 1.10 bits per heavy atom. The summed E-state index contributed by atoms with van der Waals surface area (Å²) in [4.78, 5) is 14.5. The van der Waals surface area contributed by atoms with Crippen LogP contribution < -0.4 is 0 Å². The van der Waals surface area contributed by atoms with Gasteiger partial charge in [0.1, 0.15) is 0 Å². The van der Waals surface area contributed by atoms with Crippen molar-refractivity contribution < 1.29 is 0 Å². The van der Waals surface area contributed by atoms with Gasteiger partial charge in [0.05, 0.1) is 17.1 Å². The monoisotopic (exact) mass is 503 g/mol. The summed E-state index contributed by atoms with van der Waals surface area (Å²) in [5, 5.41) is 0. The lowest BCUT2D eigenvalue weighted by Gasteiger charge is -2.21. The SMILES string of the molecule is Cc1cccnc1-c1ccccc1-c1cccc(-c2ccccc2-c2ncccc2C)c1-c1ncccc1C. The van der Waals surface area contributed by atoms with E-state index in [-0.39, 0.29) is 0 Å². The molecule has 188 valence electrons. The third kappa shape index (κ3) is 4.53. The molecule has 3 aromatic heterocycles. The zero-order valence-electron chi connectivity index (χ0n) is 22.4. The van der Waals surface area contributed by atoms with E-state index in [9.17, 15) is 0 Å². The van der Waals surface area contributed by atoms with E-state index in [0.717, 1.165) is 72.7 Å². The third-order valence-corrected chi connectivity index (χ3v) is 7.27. The Bertz CT molecular complexity index is 1690. The van der Waals surface area contributed by atoms with Crippen LogP contribution in [-0.4, -0.2) is 15.0 Å². The zero-order valence-corrected chi connectivity index (χ0v) is 22.4. The molecular weight excluding hydrogens is 474 g/mol. The number of hydrogen-bond donors (Lipinski definition) is 0. The summed E-state index contributed by atoms with van der Waals surface area (Å²) < 4.78 is 0. The van der Waals surface area contributed by atoms with Crippen molar-refractivity contribution in [3.8, 4) is 56.0 Å². The second-order valence-electron chi connectivity index (χ2n) is 9.83. The third-order valence-electron chi connectivity index (χ3n) is 7.27. The maximum absolute atomic E-state index is 4.93. The second kappa shape index (κ2) is 10.5. The topological polar surface area (TPSA) is 38.7 Å². The first-order valence-corrected chi connectivity index (χ1v) is 13.2. The van der Waals surface area contributed by atoms with Crippen LogP contribution in [0.5, 0.6) is 0 Å². The fourth-order valence-corrected chi connectivity index (χ4v) is 5.39. The number of rotatable bonds is 5. The van der Waals surface area contributed by atoms with Gasteiger partial charge < -0.3 is 0 Å². The lowest BCUT2D eigenvalue weighted by Crippen LogP contribution is -1.98. The first-order valence-electron chi connectivity index (χ1n) is 13.2. The smallest absolute Gasteiger partial charge is 0.0743 e. The molecule has 3 aromatic carbocycles. The van der Waals surface area contributed by atoms with Crippen LogP contribution in [0.15, 0.2) is 122 Å². The van der Waals surface area contributed by atoms with Gasteiger partial charge in [-0.1, -0.05) is 84.9 Å². The van der Waals surface area contributed by atoms with Crippen molar-refractivity contribution in [2.24, 2.45) is 0 Å². The largest absolute Gasteiger partial charge is 0.256 e. The molecule has 0 aliphatic carbocycles. The molecule has 3 heteroatoms. The molecule has 0 aliphatic heterocycles. The number of hydrogen-bond acceptors (Lipinski definition) is 3. The van der Waals surface area contributed by atoms with Crippen LogP contribution in [0.25, 0.3) is 56.0 Å². The second-order valence-corrected chi connectivity index (χ2v) is 9.83. The molecule has 0 N–H and O–H groups in total. The van der Waals surface area contributed by atoms with Crippen molar-refractivity contribution in [3.63, 3.8) is 0 Å². The highest BCUT2D eigenvalue weighted by Gasteiger charge is 2.21. The lowest BCUT2D eigenvalue weighted by atomic mass is 9.84. The van der Waals surface area contributed by atoms with Gasteiger partial charge >= 0.3 is 0 Å². The van der Waals surface area contributed by atoms with Crippen molar-refractivity contribution in [2.45, 2.75) is 20.8 Å². The number of aryl methyl sites for hydroxylation is 3. The van der Waals surface area contributed by atoms with E-state index < -0.39 is 0 Å². The van der Waals surface area contributed by atoms with Gasteiger partial charge in [0.25, 0.3) is 0 Å². The van der Waals surface area contributed by atoms with Gasteiger partial charge in [-0.05, 0) is 77.9 Å². The Morgan fingerprint density at radius 2 is 0.692 bits per heavy atom. The van der Waals surface area contributed by atoms with Crippen LogP contribution in [0.4, 0.5) is 0 Å². The van der Waals surface area contributed by atoms with E-state index in [1.54, 1.807) is 0 Å². The van der Waals surface area contributed by atoms with Gasteiger partial charge in [0.2, 0.25) is 0 Å². The van der Waals surface area contributed by atoms with Gasteiger partial charge in [0, 0.05) is 35.3 Å². The van der Waals surface area contributed by atoms with Crippen molar-refractivity contribution in [3.05, 3.63) is 138 Å². The molecule has 0 atom stereocenters. The average molecular weight is 504 g/mol. The molecule has 0 saturated heterocycles. The van der Waals surface area contributed by atoms with Crippen molar-refractivity contribution in [1.82, 2.24) is 15.0 Å². The van der Waals surface area contributed by atoms with Gasteiger partial charge in [-0.15, -0.1) is 0 Å². The van der Waals surface area contributed by atoms with Gasteiger partial charge in [0.15, 0.2) is 0 Å². The van der Waals surface area contributed by atoms with Crippen molar-refractivity contribution in [1.29, 1.82) is 0 Å². The zero-order chi connectivity index (χ0) is 26.8. The summed E-state index contributed by atoms with van der Waals surface area (Å²) in [6, 6.07) is 36.0. The molecule has 3 nitrogen and oxygen atoms in total. The van der Waals surface area contributed by atoms with E-state index in [4.69, 9.17) is 15.0 Å². The molecule has 0 radical (unpaired) electrons. The quantitative estimate of drug-likeness (QED) is 0.235. The molecule has 0 spiro atoms. The number of benzene rings is 3. The van der Waals surface area contributed by atoms with Gasteiger partial charge in [-0.2, -0.15) is 0 Å². The minimum atomic E-state index is 0.975. The molecule has 0 unspecified atom stereocenters. The maximum Gasteiger partial charge on any atom is 0.0743 e. The Hall–Kier alpha value is -4.89. The van der Waals surface area contributed by atoms with Crippen LogP contribution >= 0.6 is 0 Å². The summed E-state index contributed by atoms with van der Waals surface area (Å²) in [6.45, 7) is 6.36. The Labute approximate surface area is 229 Å². The summed E-state index contributed by atoms with van der Waals surface area (Å²) in [5.74, 6) is 0. The molecule has 0 amide bonds. The molecule has 6 rings (SSSR count). The van der Waals surface area contributed by atoms with Crippen LogP contribution in [0.1, 0.15) is 16.7 Å².